The first-order valence-corrected chi connectivity index (χ1v) is 6.13. The Hall–Kier alpha value is -1.98. The molecular weight excluding hydrogens is 232 g/mol. The first-order valence-electron chi connectivity index (χ1n) is 6.13. The summed E-state index contributed by atoms with van der Waals surface area (Å²) < 4.78 is 1.69. The Morgan fingerprint density at radius 2 is 2.11 bits per heavy atom. The van der Waals surface area contributed by atoms with Gasteiger partial charge in [-0.15, -0.1) is 0 Å². The summed E-state index contributed by atoms with van der Waals surface area (Å²) in [5.41, 5.74) is 0.979. The molecule has 0 bridgehead atoms. The molecule has 1 aliphatic carbocycles. The van der Waals surface area contributed by atoms with Crippen LogP contribution in [0.4, 0.5) is 0 Å². The zero-order valence-corrected chi connectivity index (χ0v) is 10.1. The lowest BCUT2D eigenvalue weighted by molar-refractivity contribution is 0.0690. The van der Waals surface area contributed by atoms with Gasteiger partial charge in [0.2, 0.25) is 0 Å². The summed E-state index contributed by atoms with van der Waals surface area (Å²) in [5, 5.41) is 13.4. The van der Waals surface area contributed by atoms with Crippen LogP contribution < -0.4 is 0 Å². The summed E-state index contributed by atoms with van der Waals surface area (Å²) in [6, 6.07) is 1.64. The van der Waals surface area contributed by atoms with Gasteiger partial charge in [0.05, 0.1) is 5.69 Å². The molecule has 0 saturated heterocycles. The number of aryl methyl sites for hydroxylation is 1. The molecule has 0 aliphatic heterocycles. The van der Waals surface area contributed by atoms with Crippen LogP contribution >= 0.6 is 0 Å². The number of hydrogen-bond donors (Lipinski definition) is 1. The van der Waals surface area contributed by atoms with Gasteiger partial charge in [-0.05, 0) is 25.8 Å². The summed E-state index contributed by atoms with van der Waals surface area (Å²) in [7, 11) is 0. The van der Waals surface area contributed by atoms with Crippen LogP contribution in [0.1, 0.15) is 53.6 Å². The number of fused-ring (bicyclic) bond motifs is 1. The van der Waals surface area contributed by atoms with Gasteiger partial charge >= 0.3 is 5.97 Å². The fraction of sp³-hybridized carbons (Fsp3) is 0.500. The predicted octanol–water partition coefficient (Wildman–Crippen LogP) is 1.79. The molecule has 1 aliphatic rings. The van der Waals surface area contributed by atoms with E-state index < -0.39 is 5.97 Å². The second-order valence-electron chi connectivity index (χ2n) is 4.72. The van der Waals surface area contributed by atoms with Crippen LogP contribution in [-0.2, 0) is 0 Å². The van der Waals surface area contributed by atoms with Crippen molar-refractivity contribution in [3.05, 3.63) is 23.3 Å². The van der Waals surface area contributed by atoms with Gasteiger partial charge in [0.15, 0.2) is 5.69 Å². The van der Waals surface area contributed by atoms with Gasteiger partial charge in [-0.1, -0.05) is 12.8 Å². The second-order valence-corrected chi connectivity index (χ2v) is 4.72. The number of hydrogen-bond acceptors (Lipinski definition) is 4. The third-order valence-corrected chi connectivity index (χ3v) is 3.44. The maximum Gasteiger partial charge on any atom is 0.354 e. The van der Waals surface area contributed by atoms with Gasteiger partial charge in [0.1, 0.15) is 5.82 Å². The van der Waals surface area contributed by atoms with Crippen molar-refractivity contribution in [1.82, 2.24) is 19.6 Å². The molecule has 1 saturated carbocycles. The molecule has 94 valence electrons. The van der Waals surface area contributed by atoms with Crippen LogP contribution in [0.2, 0.25) is 0 Å². The van der Waals surface area contributed by atoms with E-state index in [1.165, 1.54) is 12.8 Å². The highest BCUT2D eigenvalue weighted by Gasteiger charge is 2.23. The first-order chi connectivity index (χ1) is 8.65. The lowest BCUT2D eigenvalue weighted by Crippen LogP contribution is -2.10. The van der Waals surface area contributed by atoms with Crippen LogP contribution in [0.25, 0.3) is 5.78 Å². The normalized spacial score (nSPS) is 16.5. The highest BCUT2D eigenvalue weighted by Crippen LogP contribution is 2.34. The molecule has 2 heterocycles. The second kappa shape index (κ2) is 4.04. The molecule has 0 unspecified atom stereocenters. The fourth-order valence-corrected chi connectivity index (χ4v) is 2.61. The van der Waals surface area contributed by atoms with E-state index in [2.05, 4.69) is 15.1 Å². The van der Waals surface area contributed by atoms with Crippen molar-refractivity contribution in [2.45, 2.75) is 38.5 Å². The van der Waals surface area contributed by atoms with E-state index in [-0.39, 0.29) is 5.69 Å². The molecule has 0 amide bonds. The van der Waals surface area contributed by atoms with Gasteiger partial charge in [-0.3, -0.25) is 0 Å². The van der Waals surface area contributed by atoms with E-state index in [1.54, 1.807) is 17.5 Å². The first kappa shape index (κ1) is 11.1. The largest absolute Gasteiger partial charge is 0.477 e. The summed E-state index contributed by atoms with van der Waals surface area (Å²) in [5.74, 6) is 0.352. The molecular formula is C12H14N4O2. The third-order valence-electron chi connectivity index (χ3n) is 3.44. The molecule has 0 atom stereocenters. The van der Waals surface area contributed by atoms with Gasteiger partial charge in [-0.25, -0.2) is 14.3 Å². The molecule has 1 N–H and O–H groups in total. The summed E-state index contributed by atoms with van der Waals surface area (Å²) >= 11 is 0. The highest BCUT2D eigenvalue weighted by molar-refractivity contribution is 5.85. The number of aromatic nitrogens is 4. The summed E-state index contributed by atoms with van der Waals surface area (Å²) in [6.45, 7) is 1.79. The Morgan fingerprint density at radius 3 is 2.78 bits per heavy atom. The average Bonchev–Trinajstić information content (AvgIpc) is 2.94. The number of rotatable bonds is 2. The Morgan fingerprint density at radius 1 is 1.39 bits per heavy atom. The van der Waals surface area contributed by atoms with E-state index in [9.17, 15) is 4.79 Å². The molecule has 0 spiro atoms. The number of aromatic carboxylic acids is 1. The topological polar surface area (TPSA) is 80.4 Å². The standard InChI is InChI=1S/C12H14N4O2/c1-7-13-12-14-9(11(17)18)6-10(16(12)15-7)8-4-2-3-5-8/h6,8H,2-5H2,1H3,(H,17,18). The van der Waals surface area contributed by atoms with Crippen molar-refractivity contribution in [2.24, 2.45) is 0 Å². The van der Waals surface area contributed by atoms with Gasteiger partial charge in [0, 0.05) is 5.92 Å². The van der Waals surface area contributed by atoms with Crippen molar-refractivity contribution < 1.29 is 9.90 Å². The summed E-state index contributed by atoms with van der Waals surface area (Å²) in [6.07, 6.45) is 4.53. The Labute approximate surface area is 104 Å². The smallest absolute Gasteiger partial charge is 0.354 e. The van der Waals surface area contributed by atoms with Crippen LogP contribution in [-0.4, -0.2) is 30.7 Å². The minimum atomic E-state index is -1.02. The van der Waals surface area contributed by atoms with Crippen molar-refractivity contribution in [2.75, 3.05) is 0 Å². The lowest BCUT2D eigenvalue weighted by atomic mass is 10.0. The molecule has 2 aromatic heterocycles. The highest BCUT2D eigenvalue weighted by atomic mass is 16.4. The summed E-state index contributed by atoms with van der Waals surface area (Å²) in [4.78, 5) is 19.3. The molecule has 0 aromatic carbocycles. The van der Waals surface area contributed by atoms with Gasteiger partial charge < -0.3 is 5.11 Å². The molecule has 1 fully saturated rings. The third kappa shape index (κ3) is 1.73. The minimum absolute atomic E-state index is 0.0526. The molecule has 2 aromatic rings. The van der Waals surface area contributed by atoms with Crippen LogP contribution in [0.3, 0.4) is 0 Å². The van der Waals surface area contributed by atoms with Crippen LogP contribution in [0.15, 0.2) is 6.07 Å². The maximum atomic E-state index is 11.1. The zero-order valence-electron chi connectivity index (χ0n) is 10.1. The Bertz CT molecular complexity index is 614. The lowest BCUT2D eigenvalue weighted by Gasteiger charge is -2.11. The van der Waals surface area contributed by atoms with E-state index in [0.717, 1.165) is 18.5 Å². The molecule has 18 heavy (non-hydrogen) atoms. The van der Waals surface area contributed by atoms with Crippen molar-refractivity contribution in [3.63, 3.8) is 0 Å². The van der Waals surface area contributed by atoms with E-state index >= 15 is 0 Å². The Kier molecular flexibility index (Phi) is 2.50. The van der Waals surface area contributed by atoms with Gasteiger partial charge in [-0.2, -0.15) is 10.1 Å². The molecule has 0 radical (unpaired) electrons. The van der Waals surface area contributed by atoms with Gasteiger partial charge in [0.25, 0.3) is 5.78 Å². The van der Waals surface area contributed by atoms with E-state index in [4.69, 9.17) is 5.11 Å². The van der Waals surface area contributed by atoms with Crippen LogP contribution in [0, 0.1) is 6.92 Å². The Balaban J connectivity index is 2.22. The molecule has 3 rings (SSSR count). The van der Waals surface area contributed by atoms with Crippen molar-refractivity contribution >= 4 is 11.7 Å². The van der Waals surface area contributed by atoms with Crippen molar-refractivity contribution in [1.29, 1.82) is 0 Å². The zero-order chi connectivity index (χ0) is 12.7. The van der Waals surface area contributed by atoms with E-state index in [0.29, 0.717) is 17.5 Å². The number of nitrogens with zero attached hydrogens (tertiary/aromatic N) is 4. The number of carbonyl (C=O) groups is 1. The fourth-order valence-electron chi connectivity index (χ4n) is 2.61. The molecule has 6 heteroatoms. The quantitative estimate of drug-likeness (QED) is 0.873. The number of carboxylic acids is 1. The minimum Gasteiger partial charge on any atom is -0.477 e. The predicted molar refractivity (Wildman–Crippen MR) is 63.7 cm³/mol. The average molecular weight is 246 g/mol. The monoisotopic (exact) mass is 246 g/mol. The maximum absolute atomic E-state index is 11.1. The molecule has 6 nitrogen and oxygen atoms in total. The van der Waals surface area contributed by atoms with E-state index in [1.807, 2.05) is 0 Å². The SMILES string of the molecule is Cc1nc2nc(C(=O)O)cc(C3CCCC3)n2n1. The van der Waals surface area contributed by atoms with Crippen molar-refractivity contribution in [3.8, 4) is 0 Å². The van der Waals surface area contributed by atoms with Crippen LogP contribution in [0.5, 0.6) is 0 Å². The number of carboxylic acid groups (broad SMARTS) is 1.